The van der Waals surface area contributed by atoms with Crippen LogP contribution in [0.3, 0.4) is 0 Å². The van der Waals surface area contributed by atoms with E-state index in [1.54, 1.807) is 0 Å². The molecule has 13 heavy (non-hydrogen) atoms. The van der Waals surface area contributed by atoms with Gasteiger partial charge in [-0.1, -0.05) is 0 Å². The van der Waals surface area contributed by atoms with Gasteiger partial charge in [-0.25, -0.2) is 0 Å². The lowest BCUT2D eigenvalue weighted by Gasteiger charge is -2.44. The summed E-state index contributed by atoms with van der Waals surface area (Å²) in [6.45, 7) is 3.77. The lowest BCUT2D eigenvalue weighted by atomic mass is 9.78. The fourth-order valence-corrected chi connectivity index (χ4v) is 2.69. The van der Waals surface area contributed by atoms with E-state index in [0.29, 0.717) is 5.92 Å². The number of H-pyrrole nitrogens is 1. The van der Waals surface area contributed by atoms with Gasteiger partial charge in [0.25, 0.3) is 0 Å². The van der Waals surface area contributed by atoms with Crippen LogP contribution in [0.2, 0.25) is 0 Å². The molecular weight excluding hydrogens is 164 g/mol. The molecule has 70 valence electrons. The van der Waals surface area contributed by atoms with Gasteiger partial charge >= 0.3 is 0 Å². The molecule has 4 nitrogen and oxygen atoms in total. The fourth-order valence-electron chi connectivity index (χ4n) is 2.69. The summed E-state index contributed by atoms with van der Waals surface area (Å²) in [5, 5.41) is 10.8. The maximum atomic E-state index is 4.20. The van der Waals surface area contributed by atoms with Gasteiger partial charge in [-0.05, 0) is 31.8 Å². The maximum Gasteiger partial charge on any atom is 0.0871 e. The minimum absolute atomic E-state index is 0.640. The van der Waals surface area contributed by atoms with E-state index in [1.165, 1.54) is 32.5 Å². The Hall–Kier alpha value is -0.900. The Labute approximate surface area is 77.3 Å². The van der Waals surface area contributed by atoms with Crippen LogP contribution in [-0.2, 0) is 0 Å². The van der Waals surface area contributed by atoms with Crippen LogP contribution in [0.1, 0.15) is 24.5 Å². The van der Waals surface area contributed by atoms with Gasteiger partial charge in [0.1, 0.15) is 0 Å². The molecule has 0 spiro atoms. The number of nitrogens with one attached hydrogen (secondary N) is 1. The quantitative estimate of drug-likeness (QED) is 0.685. The van der Waals surface area contributed by atoms with Crippen molar-refractivity contribution in [1.82, 2.24) is 20.3 Å². The molecular formula is C9H14N4. The second kappa shape index (κ2) is 2.80. The molecule has 4 heterocycles. The number of hydrogen-bond donors (Lipinski definition) is 1. The second-order valence-electron chi connectivity index (χ2n) is 4.14. The Morgan fingerprint density at radius 1 is 1.38 bits per heavy atom. The van der Waals surface area contributed by atoms with Crippen LogP contribution in [0.5, 0.6) is 0 Å². The Bertz CT molecular complexity index is 274. The highest BCUT2D eigenvalue weighted by Gasteiger charge is 2.35. The van der Waals surface area contributed by atoms with E-state index in [1.807, 2.05) is 6.20 Å². The van der Waals surface area contributed by atoms with E-state index in [4.69, 9.17) is 0 Å². The van der Waals surface area contributed by atoms with Gasteiger partial charge in [0.2, 0.25) is 0 Å². The van der Waals surface area contributed by atoms with Crippen LogP contribution in [0.25, 0.3) is 0 Å². The van der Waals surface area contributed by atoms with Gasteiger partial charge in [-0.3, -0.25) is 0 Å². The van der Waals surface area contributed by atoms with Crippen LogP contribution < -0.4 is 0 Å². The Kier molecular flexibility index (Phi) is 1.62. The second-order valence-corrected chi connectivity index (χ2v) is 4.14. The summed E-state index contributed by atoms with van der Waals surface area (Å²) in [5.74, 6) is 1.50. The molecule has 3 aliphatic heterocycles. The predicted molar refractivity (Wildman–Crippen MR) is 48.3 cm³/mol. The highest BCUT2D eigenvalue weighted by Crippen LogP contribution is 2.37. The molecule has 1 aromatic rings. The van der Waals surface area contributed by atoms with Gasteiger partial charge < -0.3 is 4.90 Å². The predicted octanol–water partition coefficient (Wildman–Crippen LogP) is 0.614. The number of aromatic amines is 1. The third-order valence-corrected chi connectivity index (χ3v) is 3.47. The first kappa shape index (κ1) is 7.50. The molecule has 0 saturated carbocycles. The molecule has 1 N–H and O–H groups in total. The fraction of sp³-hybridized carbons (Fsp3) is 0.778. The minimum atomic E-state index is 0.640. The average Bonchev–Trinajstić information content (AvgIpc) is 2.72. The van der Waals surface area contributed by atoms with Crippen molar-refractivity contribution < 1.29 is 0 Å². The minimum Gasteiger partial charge on any atom is -0.303 e. The molecule has 1 aromatic heterocycles. The molecule has 4 heteroatoms. The largest absolute Gasteiger partial charge is 0.303 e. The van der Waals surface area contributed by atoms with E-state index < -0.39 is 0 Å². The monoisotopic (exact) mass is 178 g/mol. The third kappa shape index (κ3) is 1.16. The number of piperidine rings is 3. The molecule has 1 atom stereocenters. The Morgan fingerprint density at radius 2 is 2.23 bits per heavy atom. The van der Waals surface area contributed by atoms with Crippen molar-refractivity contribution in [3.63, 3.8) is 0 Å². The maximum absolute atomic E-state index is 4.20. The first-order valence-electron chi connectivity index (χ1n) is 5.01. The molecule has 0 aromatic carbocycles. The smallest absolute Gasteiger partial charge is 0.0871 e. The van der Waals surface area contributed by atoms with E-state index in [9.17, 15) is 0 Å². The summed E-state index contributed by atoms with van der Waals surface area (Å²) in [6, 6.07) is 0. The number of rotatable bonds is 1. The van der Waals surface area contributed by atoms with Crippen molar-refractivity contribution in [3.8, 4) is 0 Å². The van der Waals surface area contributed by atoms with Gasteiger partial charge in [-0.2, -0.15) is 15.4 Å². The summed E-state index contributed by atoms with van der Waals surface area (Å²) in [5.41, 5.74) is 1.16. The van der Waals surface area contributed by atoms with Crippen molar-refractivity contribution in [1.29, 1.82) is 0 Å². The summed E-state index contributed by atoms with van der Waals surface area (Å²) < 4.78 is 0. The van der Waals surface area contributed by atoms with Crippen LogP contribution in [0.4, 0.5) is 0 Å². The van der Waals surface area contributed by atoms with Crippen LogP contribution in [0, 0.1) is 5.92 Å². The van der Waals surface area contributed by atoms with Gasteiger partial charge in [0.15, 0.2) is 0 Å². The zero-order valence-electron chi connectivity index (χ0n) is 7.61. The molecule has 3 fully saturated rings. The van der Waals surface area contributed by atoms with E-state index in [-0.39, 0.29) is 0 Å². The van der Waals surface area contributed by atoms with Crippen molar-refractivity contribution in [2.45, 2.75) is 18.8 Å². The number of aromatic nitrogens is 3. The first-order valence-corrected chi connectivity index (χ1v) is 5.01. The van der Waals surface area contributed by atoms with Gasteiger partial charge in [0.05, 0.1) is 11.9 Å². The molecule has 0 aliphatic carbocycles. The van der Waals surface area contributed by atoms with Crippen molar-refractivity contribution in [3.05, 3.63) is 11.9 Å². The van der Waals surface area contributed by atoms with Crippen LogP contribution in [-0.4, -0.2) is 39.9 Å². The highest BCUT2D eigenvalue weighted by molar-refractivity contribution is 5.08. The standard InChI is InChI=1S/C9H14N4/c1-3-13-4-2-7(1)8(6-13)9-5-10-12-11-9/h5,7-8H,1-4,6H2,(H,10,11,12). The first-order chi connectivity index (χ1) is 6.43. The van der Waals surface area contributed by atoms with E-state index in [0.717, 1.165) is 11.6 Å². The van der Waals surface area contributed by atoms with Crippen molar-refractivity contribution in [2.24, 2.45) is 5.92 Å². The highest BCUT2D eigenvalue weighted by atomic mass is 15.3. The molecule has 0 radical (unpaired) electrons. The van der Waals surface area contributed by atoms with Gasteiger partial charge in [0, 0.05) is 12.5 Å². The summed E-state index contributed by atoms with van der Waals surface area (Å²) in [4.78, 5) is 2.54. The zero-order valence-corrected chi connectivity index (χ0v) is 7.61. The lowest BCUT2D eigenvalue weighted by molar-refractivity contribution is 0.0854. The third-order valence-electron chi connectivity index (χ3n) is 3.47. The van der Waals surface area contributed by atoms with Crippen LogP contribution in [0.15, 0.2) is 6.20 Å². The zero-order chi connectivity index (χ0) is 8.67. The Morgan fingerprint density at radius 3 is 2.77 bits per heavy atom. The molecule has 3 saturated heterocycles. The number of hydrogen-bond acceptors (Lipinski definition) is 3. The summed E-state index contributed by atoms with van der Waals surface area (Å²) in [7, 11) is 0. The topological polar surface area (TPSA) is 44.8 Å². The molecule has 0 amide bonds. The number of fused-ring (bicyclic) bond motifs is 3. The average molecular weight is 178 g/mol. The number of nitrogens with zero attached hydrogens (tertiary/aromatic N) is 3. The molecule has 1 unspecified atom stereocenters. The van der Waals surface area contributed by atoms with Gasteiger partial charge in [-0.15, -0.1) is 0 Å². The SMILES string of the molecule is c1n[nH]nc1C1CN2CCC1CC2. The van der Waals surface area contributed by atoms with Crippen molar-refractivity contribution in [2.75, 3.05) is 19.6 Å². The molecule has 4 rings (SSSR count). The Balaban J connectivity index is 1.85. The summed E-state index contributed by atoms with van der Waals surface area (Å²) >= 11 is 0. The van der Waals surface area contributed by atoms with E-state index >= 15 is 0 Å². The molecule has 2 bridgehead atoms. The van der Waals surface area contributed by atoms with Crippen LogP contribution >= 0.6 is 0 Å². The molecule has 3 aliphatic rings. The van der Waals surface area contributed by atoms with E-state index in [2.05, 4.69) is 20.3 Å². The summed E-state index contributed by atoms with van der Waals surface area (Å²) in [6.07, 6.45) is 4.57. The normalized spacial score (nSPS) is 38.0. The lowest BCUT2D eigenvalue weighted by Crippen LogP contribution is -2.46. The van der Waals surface area contributed by atoms with Crippen molar-refractivity contribution >= 4 is 0 Å².